The van der Waals surface area contributed by atoms with Crippen LogP contribution in [0.25, 0.3) is 0 Å². The molecule has 0 amide bonds. The second-order valence-electron chi connectivity index (χ2n) is 4.82. The monoisotopic (exact) mass is 276 g/mol. The zero-order valence-electron chi connectivity index (χ0n) is 11.3. The Kier molecular flexibility index (Phi) is 5.12. The summed E-state index contributed by atoms with van der Waals surface area (Å²) in [6.07, 6.45) is 6.18. The number of rotatable bonds is 5. The highest BCUT2D eigenvalue weighted by Crippen LogP contribution is 2.34. The summed E-state index contributed by atoms with van der Waals surface area (Å²) < 4.78 is 0. The number of aliphatic hydroxyl groups is 1. The molecule has 0 spiro atoms. The van der Waals surface area contributed by atoms with Crippen molar-refractivity contribution in [1.29, 1.82) is 5.26 Å². The summed E-state index contributed by atoms with van der Waals surface area (Å²) in [6.45, 7) is 1.27. The van der Waals surface area contributed by atoms with Crippen LogP contribution in [0.1, 0.15) is 31.2 Å². The van der Waals surface area contributed by atoms with E-state index in [0.717, 1.165) is 42.0 Å². The molecular weight excluding hydrogens is 256 g/mol. The molecule has 4 heteroatoms. The molecule has 19 heavy (non-hydrogen) atoms. The van der Waals surface area contributed by atoms with E-state index in [4.69, 9.17) is 5.11 Å². The number of thioether (sulfide) groups is 1. The van der Waals surface area contributed by atoms with Gasteiger partial charge < -0.3 is 10.0 Å². The number of hydrogen-bond acceptors (Lipinski definition) is 4. The van der Waals surface area contributed by atoms with Gasteiger partial charge in [-0.25, -0.2) is 0 Å². The summed E-state index contributed by atoms with van der Waals surface area (Å²) in [5, 5.41) is 18.4. The average molecular weight is 276 g/mol. The number of nitrogens with zero attached hydrogens (tertiary/aromatic N) is 2. The van der Waals surface area contributed by atoms with Gasteiger partial charge in [0.1, 0.15) is 6.07 Å². The summed E-state index contributed by atoms with van der Waals surface area (Å²) in [7, 11) is 0. The molecule has 1 fully saturated rings. The topological polar surface area (TPSA) is 47.3 Å². The van der Waals surface area contributed by atoms with Gasteiger partial charge in [-0.3, -0.25) is 0 Å². The van der Waals surface area contributed by atoms with Crippen molar-refractivity contribution in [1.82, 2.24) is 0 Å². The van der Waals surface area contributed by atoms with Gasteiger partial charge in [0.25, 0.3) is 0 Å². The van der Waals surface area contributed by atoms with E-state index in [2.05, 4.69) is 17.0 Å². The van der Waals surface area contributed by atoms with Gasteiger partial charge in [-0.05, 0) is 44.1 Å². The largest absolute Gasteiger partial charge is 0.396 e. The highest BCUT2D eigenvalue weighted by molar-refractivity contribution is 7.98. The van der Waals surface area contributed by atoms with Crippen molar-refractivity contribution in [2.24, 2.45) is 0 Å². The van der Waals surface area contributed by atoms with Crippen molar-refractivity contribution in [3.63, 3.8) is 0 Å². The fourth-order valence-corrected chi connectivity index (χ4v) is 3.39. The highest BCUT2D eigenvalue weighted by Gasteiger charge is 2.26. The SMILES string of the molecule is CSc1cccc(N2CCCC2CCCO)c1C#N. The van der Waals surface area contributed by atoms with Crippen molar-refractivity contribution < 1.29 is 5.11 Å². The Morgan fingerprint density at radius 2 is 2.37 bits per heavy atom. The van der Waals surface area contributed by atoms with Crippen LogP contribution in [0.5, 0.6) is 0 Å². The molecule has 1 atom stereocenters. The number of hydrogen-bond donors (Lipinski definition) is 1. The van der Waals surface area contributed by atoms with E-state index in [1.54, 1.807) is 11.8 Å². The minimum absolute atomic E-state index is 0.250. The zero-order chi connectivity index (χ0) is 13.7. The number of aliphatic hydroxyl groups excluding tert-OH is 1. The smallest absolute Gasteiger partial charge is 0.103 e. The second-order valence-corrected chi connectivity index (χ2v) is 5.67. The summed E-state index contributed by atoms with van der Waals surface area (Å²) >= 11 is 1.62. The Balaban J connectivity index is 2.28. The van der Waals surface area contributed by atoms with Crippen molar-refractivity contribution in [2.45, 2.75) is 36.6 Å². The fourth-order valence-electron chi connectivity index (χ4n) is 2.82. The third-order valence-corrected chi connectivity index (χ3v) is 4.50. The van der Waals surface area contributed by atoms with Crippen LogP contribution >= 0.6 is 11.8 Å². The predicted octanol–water partition coefficient (Wildman–Crippen LogP) is 3.02. The van der Waals surface area contributed by atoms with Crippen LogP contribution in [0, 0.1) is 11.3 Å². The normalized spacial score (nSPS) is 18.6. The van der Waals surface area contributed by atoms with Gasteiger partial charge >= 0.3 is 0 Å². The Labute approximate surface area is 119 Å². The molecule has 0 saturated carbocycles. The van der Waals surface area contributed by atoms with Gasteiger partial charge in [0, 0.05) is 24.1 Å². The molecule has 1 aromatic rings. The van der Waals surface area contributed by atoms with E-state index in [9.17, 15) is 5.26 Å². The summed E-state index contributed by atoms with van der Waals surface area (Å²) in [5.41, 5.74) is 1.86. The van der Waals surface area contributed by atoms with Gasteiger partial charge in [-0.1, -0.05) is 6.07 Å². The van der Waals surface area contributed by atoms with Gasteiger partial charge in [0.2, 0.25) is 0 Å². The van der Waals surface area contributed by atoms with Crippen LogP contribution in [-0.2, 0) is 0 Å². The van der Waals surface area contributed by atoms with Crippen molar-refractivity contribution in [2.75, 3.05) is 24.3 Å². The van der Waals surface area contributed by atoms with Crippen LogP contribution < -0.4 is 4.90 Å². The molecule has 0 bridgehead atoms. The third kappa shape index (κ3) is 3.05. The highest BCUT2D eigenvalue weighted by atomic mass is 32.2. The molecule has 0 aromatic heterocycles. The molecule has 102 valence electrons. The van der Waals surface area contributed by atoms with Crippen LogP contribution in [0.15, 0.2) is 23.1 Å². The first-order chi connectivity index (χ1) is 9.31. The fraction of sp³-hybridized carbons (Fsp3) is 0.533. The molecule has 1 unspecified atom stereocenters. The van der Waals surface area contributed by atoms with Crippen molar-refractivity contribution in [3.05, 3.63) is 23.8 Å². The molecule has 3 nitrogen and oxygen atoms in total. The maximum atomic E-state index is 9.42. The number of benzene rings is 1. The first kappa shape index (κ1) is 14.2. The minimum Gasteiger partial charge on any atom is -0.396 e. The lowest BCUT2D eigenvalue weighted by atomic mass is 10.1. The molecule has 1 aromatic carbocycles. The van der Waals surface area contributed by atoms with Crippen molar-refractivity contribution >= 4 is 17.4 Å². The van der Waals surface area contributed by atoms with Gasteiger partial charge in [-0.2, -0.15) is 5.26 Å². The van der Waals surface area contributed by atoms with E-state index in [0.29, 0.717) is 6.04 Å². The van der Waals surface area contributed by atoms with E-state index in [1.807, 2.05) is 18.4 Å². The molecule has 2 rings (SSSR count). The lowest BCUT2D eigenvalue weighted by Gasteiger charge is -2.28. The first-order valence-electron chi connectivity index (χ1n) is 6.76. The van der Waals surface area contributed by atoms with Crippen LogP contribution in [0.3, 0.4) is 0 Å². The maximum absolute atomic E-state index is 9.42. The first-order valence-corrected chi connectivity index (χ1v) is 7.99. The standard InChI is InChI=1S/C15H20N2OS/c1-19-15-8-2-7-14(13(15)11-16)17-9-3-5-12(17)6-4-10-18/h2,7-8,12,18H,3-6,9-10H2,1H3. The molecule has 1 aliphatic heterocycles. The molecule has 0 radical (unpaired) electrons. The minimum atomic E-state index is 0.250. The Morgan fingerprint density at radius 1 is 1.53 bits per heavy atom. The van der Waals surface area contributed by atoms with E-state index < -0.39 is 0 Å². The van der Waals surface area contributed by atoms with Gasteiger partial charge in [0.05, 0.1) is 11.3 Å². The number of nitriles is 1. The van der Waals surface area contributed by atoms with Crippen LogP contribution in [0.4, 0.5) is 5.69 Å². The summed E-state index contributed by atoms with van der Waals surface area (Å²) in [6, 6.07) is 8.91. The average Bonchev–Trinajstić information content (AvgIpc) is 2.92. The second kappa shape index (κ2) is 6.83. The van der Waals surface area contributed by atoms with Crippen LogP contribution in [-0.4, -0.2) is 30.6 Å². The Morgan fingerprint density at radius 3 is 3.05 bits per heavy atom. The molecule has 1 heterocycles. The molecule has 1 saturated heterocycles. The van der Waals surface area contributed by atoms with Crippen molar-refractivity contribution in [3.8, 4) is 6.07 Å². The third-order valence-electron chi connectivity index (χ3n) is 3.72. The van der Waals surface area contributed by atoms with Gasteiger partial charge in [0.15, 0.2) is 0 Å². The molecular formula is C15H20N2OS. The molecule has 1 aliphatic rings. The van der Waals surface area contributed by atoms with Gasteiger partial charge in [-0.15, -0.1) is 11.8 Å². The molecule has 0 aliphatic carbocycles. The lowest BCUT2D eigenvalue weighted by Crippen LogP contribution is -2.30. The lowest BCUT2D eigenvalue weighted by molar-refractivity contribution is 0.279. The van der Waals surface area contributed by atoms with E-state index in [1.165, 1.54) is 6.42 Å². The quantitative estimate of drug-likeness (QED) is 0.840. The summed E-state index contributed by atoms with van der Waals surface area (Å²) in [4.78, 5) is 3.40. The predicted molar refractivity (Wildman–Crippen MR) is 79.6 cm³/mol. The van der Waals surface area contributed by atoms with E-state index >= 15 is 0 Å². The maximum Gasteiger partial charge on any atom is 0.103 e. The molecule has 1 N–H and O–H groups in total. The van der Waals surface area contributed by atoms with Crippen LogP contribution in [0.2, 0.25) is 0 Å². The Bertz CT molecular complexity index is 470. The Hall–Kier alpha value is -1.18. The number of anilines is 1. The zero-order valence-corrected chi connectivity index (χ0v) is 12.1. The summed E-state index contributed by atoms with van der Waals surface area (Å²) in [5.74, 6) is 0. The van der Waals surface area contributed by atoms with E-state index in [-0.39, 0.29) is 6.61 Å².